The van der Waals surface area contributed by atoms with Crippen molar-refractivity contribution in [2.75, 3.05) is 17.2 Å². The highest BCUT2D eigenvalue weighted by Gasteiger charge is 2.08. The van der Waals surface area contributed by atoms with Gasteiger partial charge in [0.2, 0.25) is 5.91 Å². The first-order valence-corrected chi connectivity index (χ1v) is 7.11. The average Bonchev–Trinajstić information content (AvgIpc) is 2.53. The number of benzene rings is 2. The summed E-state index contributed by atoms with van der Waals surface area (Å²) < 4.78 is 0. The first kappa shape index (κ1) is 15.6. The van der Waals surface area contributed by atoms with Crippen molar-refractivity contribution in [3.8, 4) is 0 Å². The van der Waals surface area contributed by atoms with Gasteiger partial charge in [-0.25, -0.2) is 0 Å². The molecule has 2 amide bonds. The summed E-state index contributed by atoms with van der Waals surface area (Å²) in [6, 6.07) is 14.5. The smallest absolute Gasteiger partial charge is 0.250 e. The van der Waals surface area contributed by atoms with Crippen LogP contribution in [0.2, 0.25) is 0 Å². The Labute approximate surface area is 129 Å². The SMILES string of the molecule is CCc1cccc(NC(=O)CNc2ccccc2C(N)=O)c1. The summed E-state index contributed by atoms with van der Waals surface area (Å²) in [4.78, 5) is 23.3. The Kier molecular flexibility index (Phi) is 5.14. The Bertz CT molecular complexity index is 683. The van der Waals surface area contributed by atoms with Crippen molar-refractivity contribution in [2.45, 2.75) is 13.3 Å². The summed E-state index contributed by atoms with van der Waals surface area (Å²) in [6.07, 6.45) is 0.911. The van der Waals surface area contributed by atoms with Crippen LogP contribution in [0.15, 0.2) is 48.5 Å². The molecule has 5 nitrogen and oxygen atoms in total. The fourth-order valence-electron chi connectivity index (χ4n) is 2.10. The second-order valence-electron chi connectivity index (χ2n) is 4.87. The minimum absolute atomic E-state index is 0.0562. The molecular weight excluding hydrogens is 278 g/mol. The highest BCUT2D eigenvalue weighted by Crippen LogP contribution is 2.14. The van der Waals surface area contributed by atoms with Gasteiger partial charge in [-0.05, 0) is 36.2 Å². The van der Waals surface area contributed by atoms with E-state index in [0.717, 1.165) is 17.7 Å². The molecule has 0 saturated carbocycles. The quantitative estimate of drug-likeness (QED) is 0.765. The second kappa shape index (κ2) is 7.26. The van der Waals surface area contributed by atoms with Crippen molar-refractivity contribution in [3.05, 3.63) is 59.7 Å². The van der Waals surface area contributed by atoms with Crippen molar-refractivity contribution in [1.82, 2.24) is 0 Å². The Morgan fingerprint density at radius 2 is 1.86 bits per heavy atom. The summed E-state index contributed by atoms with van der Waals surface area (Å²) in [5.41, 5.74) is 8.13. The molecule has 0 fully saturated rings. The van der Waals surface area contributed by atoms with Crippen LogP contribution in [0.5, 0.6) is 0 Å². The summed E-state index contributed by atoms with van der Waals surface area (Å²) in [6.45, 7) is 2.11. The summed E-state index contributed by atoms with van der Waals surface area (Å²) >= 11 is 0. The predicted octanol–water partition coefficient (Wildman–Crippen LogP) is 2.40. The van der Waals surface area contributed by atoms with Gasteiger partial charge in [0, 0.05) is 11.4 Å². The average molecular weight is 297 g/mol. The van der Waals surface area contributed by atoms with E-state index in [1.54, 1.807) is 24.3 Å². The van der Waals surface area contributed by atoms with E-state index in [4.69, 9.17) is 5.73 Å². The molecule has 0 bridgehead atoms. The predicted molar refractivity (Wildman–Crippen MR) is 87.9 cm³/mol. The van der Waals surface area contributed by atoms with E-state index >= 15 is 0 Å². The lowest BCUT2D eigenvalue weighted by Gasteiger charge is -2.10. The molecule has 114 valence electrons. The van der Waals surface area contributed by atoms with Crippen molar-refractivity contribution < 1.29 is 9.59 Å². The molecule has 0 aliphatic heterocycles. The molecule has 0 spiro atoms. The molecule has 0 unspecified atom stereocenters. The zero-order valence-electron chi connectivity index (χ0n) is 12.4. The number of para-hydroxylation sites is 1. The number of rotatable bonds is 6. The van der Waals surface area contributed by atoms with Crippen LogP contribution in [0.1, 0.15) is 22.8 Å². The Balaban J connectivity index is 1.97. The fourth-order valence-corrected chi connectivity index (χ4v) is 2.10. The molecule has 0 aliphatic carbocycles. The molecule has 2 aromatic carbocycles. The van der Waals surface area contributed by atoms with Gasteiger partial charge < -0.3 is 16.4 Å². The third-order valence-electron chi connectivity index (χ3n) is 3.25. The van der Waals surface area contributed by atoms with Crippen LogP contribution in [-0.4, -0.2) is 18.4 Å². The maximum absolute atomic E-state index is 12.0. The van der Waals surface area contributed by atoms with Crippen molar-refractivity contribution in [3.63, 3.8) is 0 Å². The third kappa shape index (κ3) is 4.09. The van der Waals surface area contributed by atoms with E-state index in [-0.39, 0.29) is 12.5 Å². The highest BCUT2D eigenvalue weighted by molar-refractivity contribution is 6.00. The molecule has 0 aliphatic rings. The lowest BCUT2D eigenvalue weighted by Crippen LogP contribution is -2.23. The Morgan fingerprint density at radius 1 is 1.09 bits per heavy atom. The van der Waals surface area contributed by atoms with Crippen LogP contribution >= 0.6 is 0 Å². The summed E-state index contributed by atoms with van der Waals surface area (Å²) in [5.74, 6) is -0.716. The molecule has 0 heterocycles. The van der Waals surface area contributed by atoms with Crippen molar-refractivity contribution >= 4 is 23.2 Å². The standard InChI is InChI=1S/C17H19N3O2/c1-2-12-6-5-7-13(10-12)20-16(21)11-19-15-9-4-3-8-14(15)17(18)22/h3-10,19H,2,11H2,1H3,(H2,18,22)(H,20,21). The van der Waals surface area contributed by atoms with Gasteiger partial charge in [0.25, 0.3) is 5.91 Å². The molecule has 5 heteroatoms. The number of hydrogen-bond donors (Lipinski definition) is 3. The highest BCUT2D eigenvalue weighted by atomic mass is 16.2. The van der Waals surface area contributed by atoms with Crippen LogP contribution < -0.4 is 16.4 Å². The molecule has 4 N–H and O–H groups in total. The number of amides is 2. The monoisotopic (exact) mass is 297 g/mol. The van der Waals surface area contributed by atoms with E-state index in [2.05, 4.69) is 17.6 Å². The zero-order valence-corrected chi connectivity index (χ0v) is 12.4. The Morgan fingerprint density at radius 3 is 2.59 bits per heavy atom. The van der Waals surface area contributed by atoms with Crippen LogP contribution in [0.4, 0.5) is 11.4 Å². The molecule has 0 radical (unpaired) electrons. The minimum atomic E-state index is -0.529. The number of hydrogen-bond acceptors (Lipinski definition) is 3. The first-order chi connectivity index (χ1) is 10.6. The number of carbonyl (C=O) groups excluding carboxylic acids is 2. The van der Waals surface area contributed by atoms with Gasteiger partial charge in [-0.2, -0.15) is 0 Å². The van der Waals surface area contributed by atoms with E-state index in [0.29, 0.717) is 11.3 Å². The number of nitrogens with two attached hydrogens (primary N) is 1. The number of aryl methyl sites for hydroxylation is 1. The van der Waals surface area contributed by atoms with E-state index in [1.807, 2.05) is 24.3 Å². The fraction of sp³-hybridized carbons (Fsp3) is 0.176. The van der Waals surface area contributed by atoms with E-state index < -0.39 is 5.91 Å². The lowest BCUT2D eigenvalue weighted by molar-refractivity contribution is -0.114. The maximum atomic E-state index is 12.0. The van der Waals surface area contributed by atoms with Crippen LogP contribution in [-0.2, 0) is 11.2 Å². The summed E-state index contributed by atoms with van der Waals surface area (Å²) in [7, 11) is 0. The Hall–Kier alpha value is -2.82. The molecule has 2 aromatic rings. The van der Waals surface area contributed by atoms with Crippen LogP contribution in [0, 0.1) is 0 Å². The van der Waals surface area contributed by atoms with Crippen LogP contribution in [0.3, 0.4) is 0 Å². The molecule has 22 heavy (non-hydrogen) atoms. The molecule has 0 aromatic heterocycles. The molecular formula is C17H19N3O2. The maximum Gasteiger partial charge on any atom is 0.250 e. The molecule has 0 saturated heterocycles. The van der Waals surface area contributed by atoms with Crippen molar-refractivity contribution in [1.29, 1.82) is 0 Å². The minimum Gasteiger partial charge on any atom is -0.376 e. The first-order valence-electron chi connectivity index (χ1n) is 7.11. The normalized spacial score (nSPS) is 10.0. The van der Waals surface area contributed by atoms with Gasteiger partial charge in [0.15, 0.2) is 0 Å². The van der Waals surface area contributed by atoms with Crippen LogP contribution in [0.25, 0.3) is 0 Å². The lowest BCUT2D eigenvalue weighted by atomic mass is 10.1. The largest absolute Gasteiger partial charge is 0.376 e. The topological polar surface area (TPSA) is 84.2 Å². The molecule has 2 rings (SSSR count). The van der Waals surface area contributed by atoms with Gasteiger partial charge in [0.1, 0.15) is 0 Å². The van der Waals surface area contributed by atoms with Gasteiger partial charge in [-0.3, -0.25) is 9.59 Å². The number of anilines is 2. The van der Waals surface area contributed by atoms with E-state index in [1.165, 1.54) is 0 Å². The molecule has 0 atom stereocenters. The van der Waals surface area contributed by atoms with Gasteiger partial charge >= 0.3 is 0 Å². The number of carbonyl (C=O) groups is 2. The van der Waals surface area contributed by atoms with Crippen molar-refractivity contribution in [2.24, 2.45) is 5.73 Å². The van der Waals surface area contributed by atoms with E-state index in [9.17, 15) is 9.59 Å². The third-order valence-corrected chi connectivity index (χ3v) is 3.25. The number of primary amides is 1. The second-order valence-corrected chi connectivity index (χ2v) is 4.87. The van der Waals surface area contributed by atoms with Gasteiger partial charge in [-0.15, -0.1) is 0 Å². The summed E-state index contributed by atoms with van der Waals surface area (Å²) in [5, 5.41) is 5.75. The van der Waals surface area contributed by atoms with Gasteiger partial charge in [-0.1, -0.05) is 31.2 Å². The number of nitrogens with one attached hydrogen (secondary N) is 2. The zero-order chi connectivity index (χ0) is 15.9. The van der Waals surface area contributed by atoms with Gasteiger partial charge in [0.05, 0.1) is 12.1 Å².